The maximum absolute atomic E-state index is 12.8. The average molecular weight is 1030 g/mol. The number of fused-ring (bicyclic) bond motifs is 1. The van der Waals surface area contributed by atoms with E-state index in [0.717, 1.165) is 23.7 Å². The van der Waals surface area contributed by atoms with Crippen LogP contribution >= 0.6 is 15.6 Å². The van der Waals surface area contributed by atoms with Crippen LogP contribution < -0.4 is 21.9 Å². The van der Waals surface area contributed by atoms with Crippen molar-refractivity contribution in [3.63, 3.8) is 0 Å². The number of nitrogens with zero attached hydrogens (tertiary/aromatic N) is 3. The molecule has 5 rings (SSSR count). The number of nitrogens with two attached hydrogens (primary N) is 1. The van der Waals surface area contributed by atoms with Crippen molar-refractivity contribution in [3.05, 3.63) is 16.7 Å². The van der Waals surface area contributed by atoms with Gasteiger partial charge in [-0.25, -0.2) is 18.9 Å². The summed E-state index contributed by atoms with van der Waals surface area (Å²) in [5.74, 6) is 0.900. The first kappa shape index (κ1) is 56.6. The smallest absolute Gasteiger partial charge is 0.449 e. The SMILES string of the molecule is CCC[C@@H]1[C@H](CCC)[C@@H]1COC(=O)NCCOCCOCCOCCOCCC(=O)NCC1O[C@H](OP(=O)(O)OP(=O)(O)OC[C@H]2O[C@@H](n3cnc4c(=O)[nH]c(N)nc43)C(O)C2O)C(O)C(O)[C@@H]1O. The Labute approximate surface area is 395 Å². The Morgan fingerprint density at radius 2 is 1.39 bits per heavy atom. The molecule has 2 aromatic heterocycles. The summed E-state index contributed by atoms with van der Waals surface area (Å²) in [7, 11) is -11.3. The summed E-state index contributed by atoms with van der Waals surface area (Å²) >= 11 is 0. The normalized spacial score (nSPS) is 29.6. The topological polar surface area (TPSA) is 416 Å². The number of imidazole rings is 1. The van der Waals surface area contributed by atoms with E-state index in [1.807, 2.05) is 0 Å². The second-order valence-corrected chi connectivity index (χ2v) is 19.4. The van der Waals surface area contributed by atoms with E-state index >= 15 is 0 Å². The van der Waals surface area contributed by atoms with Crippen LogP contribution in [0.1, 0.15) is 52.2 Å². The fraction of sp³-hybridized carbons (Fsp3) is 0.816. The van der Waals surface area contributed by atoms with E-state index in [2.05, 4.69) is 43.7 Å². The Hall–Kier alpha value is -3.29. The van der Waals surface area contributed by atoms with Crippen LogP contribution in [-0.2, 0) is 60.4 Å². The lowest BCUT2D eigenvalue weighted by Gasteiger charge is -2.40. The van der Waals surface area contributed by atoms with Crippen LogP contribution in [0.25, 0.3) is 11.2 Å². The number of ether oxygens (including phenoxy) is 7. The highest BCUT2D eigenvalue weighted by Gasteiger charge is 2.51. The zero-order valence-corrected chi connectivity index (χ0v) is 39.9. The van der Waals surface area contributed by atoms with Crippen molar-refractivity contribution in [2.45, 2.75) is 101 Å². The van der Waals surface area contributed by atoms with E-state index in [-0.39, 0.29) is 50.0 Å². The van der Waals surface area contributed by atoms with E-state index in [0.29, 0.717) is 57.3 Å². The molecule has 12 N–H and O–H groups in total. The number of amides is 2. The number of aromatic nitrogens is 4. The molecule has 0 spiro atoms. The fourth-order valence-corrected chi connectivity index (χ4v) is 10.0. The Balaban J connectivity index is 0.891. The van der Waals surface area contributed by atoms with Crippen molar-refractivity contribution in [1.82, 2.24) is 30.2 Å². The number of aromatic amines is 1. The van der Waals surface area contributed by atoms with Gasteiger partial charge in [0.15, 0.2) is 23.7 Å². The summed E-state index contributed by atoms with van der Waals surface area (Å²) < 4.78 is 78.1. The number of carbonyl (C=O) groups excluding carboxylic acids is 2. The monoisotopic (exact) mass is 1030 g/mol. The maximum Gasteiger partial charge on any atom is 0.483 e. The predicted octanol–water partition coefficient (Wildman–Crippen LogP) is -1.86. The van der Waals surface area contributed by atoms with Gasteiger partial charge in [0.2, 0.25) is 11.9 Å². The van der Waals surface area contributed by atoms with Gasteiger partial charge in [0.05, 0.1) is 72.4 Å². The number of hydrogen-bond donors (Lipinski definition) is 11. The number of phosphoric ester groups is 2. The molecule has 31 heteroatoms. The highest BCUT2D eigenvalue weighted by Crippen LogP contribution is 2.61. The van der Waals surface area contributed by atoms with Crippen LogP contribution in [0.15, 0.2) is 11.1 Å². The minimum absolute atomic E-state index is 0.0332. The fourth-order valence-electron chi connectivity index (χ4n) is 7.84. The van der Waals surface area contributed by atoms with Crippen LogP contribution in [0.3, 0.4) is 0 Å². The number of anilines is 1. The first-order valence-electron chi connectivity index (χ1n) is 22.5. The third kappa shape index (κ3) is 16.9. The molecule has 2 aliphatic heterocycles. The predicted molar refractivity (Wildman–Crippen MR) is 233 cm³/mol. The van der Waals surface area contributed by atoms with E-state index in [1.165, 1.54) is 12.8 Å². The van der Waals surface area contributed by atoms with Crippen molar-refractivity contribution in [3.8, 4) is 0 Å². The Morgan fingerprint density at radius 1 is 0.783 bits per heavy atom. The Bertz CT molecular complexity index is 2080. The zero-order chi connectivity index (χ0) is 50.3. The highest BCUT2D eigenvalue weighted by atomic mass is 31.3. The van der Waals surface area contributed by atoms with E-state index < -0.39 is 102 Å². The van der Waals surface area contributed by atoms with Crippen LogP contribution in [0.4, 0.5) is 10.7 Å². The number of phosphoric acid groups is 2. The third-order valence-corrected chi connectivity index (χ3v) is 13.9. The molecule has 4 heterocycles. The van der Waals surface area contributed by atoms with E-state index in [1.54, 1.807) is 0 Å². The molecule has 0 aromatic carbocycles. The number of hydrogen-bond acceptors (Lipinski definition) is 23. The molecule has 14 atom stereocenters. The summed E-state index contributed by atoms with van der Waals surface area (Å²) in [6.07, 6.45) is -11.4. The molecule has 1 saturated carbocycles. The molecule has 394 valence electrons. The molecule has 69 heavy (non-hydrogen) atoms. The molecule has 3 fully saturated rings. The van der Waals surface area contributed by atoms with Gasteiger partial charge in [0.1, 0.15) is 42.7 Å². The minimum Gasteiger partial charge on any atom is -0.449 e. The molecule has 0 radical (unpaired) electrons. The second kappa shape index (κ2) is 27.0. The maximum atomic E-state index is 12.8. The van der Waals surface area contributed by atoms with Gasteiger partial charge >= 0.3 is 21.7 Å². The quantitative estimate of drug-likeness (QED) is 0.0291. The lowest BCUT2D eigenvalue weighted by Crippen LogP contribution is -2.60. The molecule has 2 aromatic rings. The summed E-state index contributed by atoms with van der Waals surface area (Å²) in [4.78, 5) is 67.0. The third-order valence-electron chi connectivity index (χ3n) is 11.3. The van der Waals surface area contributed by atoms with Crippen LogP contribution in [0, 0.1) is 17.8 Å². The van der Waals surface area contributed by atoms with Gasteiger partial charge in [-0.1, -0.05) is 39.5 Å². The average Bonchev–Trinajstić information content (AvgIpc) is 3.59. The van der Waals surface area contributed by atoms with Crippen molar-refractivity contribution in [2.24, 2.45) is 17.8 Å². The van der Waals surface area contributed by atoms with Gasteiger partial charge in [0.25, 0.3) is 5.56 Å². The van der Waals surface area contributed by atoms with Crippen molar-refractivity contribution < 1.29 is 101 Å². The number of nitrogen functional groups attached to an aromatic ring is 1. The second-order valence-electron chi connectivity index (χ2n) is 16.4. The first-order valence-corrected chi connectivity index (χ1v) is 25.5. The summed E-state index contributed by atoms with van der Waals surface area (Å²) in [5.41, 5.74) is 4.55. The number of rotatable bonds is 31. The lowest BCUT2D eigenvalue weighted by atomic mass is 9.99. The number of aliphatic hydroxyl groups is 5. The molecule has 1 aliphatic carbocycles. The Kier molecular flexibility index (Phi) is 22.1. The van der Waals surface area contributed by atoms with Crippen LogP contribution in [-0.4, -0.2) is 195 Å². The zero-order valence-electron chi connectivity index (χ0n) is 38.1. The lowest BCUT2D eigenvalue weighted by molar-refractivity contribution is -0.273. The van der Waals surface area contributed by atoms with Gasteiger partial charge in [-0.15, -0.1) is 0 Å². The van der Waals surface area contributed by atoms with Crippen molar-refractivity contribution in [1.29, 1.82) is 0 Å². The van der Waals surface area contributed by atoms with Gasteiger partial charge < -0.3 is 84.8 Å². The molecule has 29 nitrogen and oxygen atoms in total. The van der Waals surface area contributed by atoms with Crippen molar-refractivity contribution in [2.75, 3.05) is 84.9 Å². The molecule has 2 saturated heterocycles. The van der Waals surface area contributed by atoms with Gasteiger partial charge in [-0.05, 0) is 17.8 Å². The molecule has 7 unspecified atom stereocenters. The number of aliphatic hydroxyl groups excluding tert-OH is 5. The van der Waals surface area contributed by atoms with Gasteiger partial charge in [-0.2, -0.15) is 9.29 Å². The molecule has 0 bridgehead atoms. The number of H-pyrrole nitrogens is 1. The molecular weight excluding hydrogens is 968 g/mol. The van der Waals surface area contributed by atoms with Crippen LogP contribution in [0.2, 0.25) is 0 Å². The van der Waals surface area contributed by atoms with Crippen LogP contribution in [0.5, 0.6) is 0 Å². The minimum atomic E-state index is -5.73. The van der Waals surface area contributed by atoms with Gasteiger partial charge in [0, 0.05) is 19.5 Å². The summed E-state index contributed by atoms with van der Waals surface area (Å²) in [5, 5.41) is 57.4. The number of alkyl carbamates (subject to hydrolysis) is 1. The Morgan fingerprint density at radius 3 is 2.03 bits per heavy atom. The molecule has 2 amide bonds. The number of carbonyl (C=O) groups is 2. The van der Waals surface area contributed by atoms with E-state index in [9.17, 15) is 58.8 Å². The van der Waals surface area contributed by atoms with E-state index in [4.69, 9.17) is 47.9 Å². The first-order chi connectivity index (χ1) is 32.9. The van der Waals surface area contributed by atoms with Crippen molar-refractivity contribution >= 4 is 44.8 Å². The van der Waals surface area contributed by atoms with Gasteiger partial charge in [-0.3, -0.25) is 28.2 Å². The summed E-state index contributed by atoms with van der Waals surface area (Å²) in [6.45, 7) is 5.43. The standard InChI is InChI=1S/C38H65N7O22P2/c1-3-5-21-22(6-4-2)23(21)18-62-38(53)40-8-10-59-12-14-61-16-15-60-13-11-58-9-7-26(46)41-17-24-28(47)30(49)32(51)36(65-24)66-69(56,57)67-68(54,55)63-19-25-29(48)31(50)35(64-25)45-20-42-27-33(45)43-37(39)44-34(27)52/h20-25,28-32,35-36,47-51H,3-19H2,1-2H3,(H,40,53)(H,41,46)(H,54,55)(H,56,57)(H3,39,43,44,52)/t21-,22+,23-,24?,25-,28-,29?,30?,31?,32?,35-,36-/m1/s1. The highest BCUT2D eigenvalue weighted by molar-refractivity contribution is 7.61. The molecular formula is C38H65N7O22P2. The summed E-state index contributed by atoms with van der Waals surface area (Å²) in [6, 6.07) is 0. The molecule has 3 aliphatic rings. The largest absolute Gasteiger partial charge is 0.483 e. The number of nitrogens with one attached hydrogen (secondary N) is 3.